The molecule has 130 valence electrons. The maximum Gasteiger partial charge on any atom is 0.228 e. The minimum Gasteiger partial charge on any atom is -0.350 e. The number of carbonyl (C=O) groups excluding carboxylic acids is 2. The van der Waals surface area contributed by atoms with Gasteiger partial charge in [0.1, 0.15) is 0 Å². The van der Waals surface area contributed by atoms with Gasteiger partial charge in [-0.1, -0.05) is 38.1 Å². The molecule has 0 aliphatic heterocycles. The molecule has 3 rings (SSSR count). The molecule has 1 aliphatic carbocycles. The quantitative estimate of drug-likeness (QED) is 0.851. The highest BCUT2D eigenvalue weighted by Gasteiger charge is 2.48. The van der Waals surface area contributed by atoms with Gasteiger partial charge in [-0.2, -0.15) is 0 Å². The summed E-state index contributed by atoms with van der Waals surface area (Å²) < 4.78 is 0. The summed E-state index contributed by atoms with van der Waals surface area (Å²) in [4.78, 5) is 28.8. The summed E-state index contributed by atoms with van der Waals surface area (Å²) >= 11 is 0. The van der Waals surface area contributed by atoms with Crippen molar-refractivity contribution in [1.29, 1.82) is 0 Å². The van der Waals surface area contributed by atoms with E-state index in [9.17, 15) is 9.59 Å². The van der Waals surface area contributed by atoms with Crippen molar-refractivity contribution < 1.29 is 9.59 Å². The lowest BCUT2D eigenvalue weighted by atomic mass is 10.0. The predicted molar refractivity (Wildman–Crippen MR) is 96.8 cm³/mol. The summed E-state index contributed by atoms with van der Waals surface area (Å²) in [6.07, 6.45) is 2.30. The molecule has 25 heavy (non-hydrogen) atoms. The highest BCUT2D eigenvalue weighted by Crippen LogP contribution is 2.40. The molecular weight excluding hydrogens is 314 g/mol. The number of para-hydroxylation sites is 1. The van der Waals surface area contributed by atoms with E-state index in [-0.39, 0.29) is 23.7 Å². The average molecular weight is 337 g/mol. The lowest BCUT2D eigenvalue weighted by Crippen LogP contribution is -2.27. The third-order valence-corrected chi connectivity index (χ3v) is 4.47. The highest BCUT2D eigenvalue weighted by atomic mass is 16.2. The Hall–Kier alpha value is -2.69. The lowest BCUT2D eigenvalue weighted by molar-refractivity contribution is -0.125. The first-order valence-corrected chi connectivity index (χ1v) is 8.63. The number of nitrogens with one attached hydrogen (secondary N) is 2. The molecule has 2 amide bonds. The molecule has 0 saturated heterocycles. The fourth-order valence-corrected chi connectivity index (χ4v) is 2.93. The molecule has 0 spiro atoms. The second-order valence-corrected chi connectivity index (χ2v) is 6.72. The van der Waals surface area contributed by atoms with Crippen LogP contribution in [-0.2, 0) is 16.1 Å². The van der Waals surface area contributed by atoms with Gasteiger partial charge in [-0.25, -0.2) is 0 Å². The molecule has 1 fully saturated rings. The molecule has 1 heterocycles. The fraction of sp³-hybridized carbons (Fsp3) is 0.350. The number of benzene rings is 1. The average Bonchev–Trinajstić information content (AvgIpc) is 3.42. The summed E-state index contributed by atoms with van der Waals surface area (Å²) in [7, 11) is 0. The second kappa shape index (κ2) is 7.47. The SMILES string of the molecule is CC(C)c1ccccc1NC(=O)C1CC1C(=O)NCc1ccccn1. The number of hydrogen-bond acceptors (Lipinski definition) is 3. The Balaban J connectivity index is 1.53. The van der Waals surface area contributed by atoms with Crippen molar-refractivity contribution in [3.8, 4) is 0 Å². The van der Waals surface area contributed by atoms with Gasteiger partial charge in [-0.15, -0.1) is 0 Å². The number of anilines is 1. The minimum atomic E-state index is -0.246. The van der Waals surface area contributed by atoms with Crippen LogP contribution in [0.1, 0.15) is 37.4 Å². The zero-order valence-electron chi connectivity index (χ0n) is 14.5. The third-order valence-electron chi connectivity index (χ3n) is 4.47. The van der Waals surface area contributed by atoms with Crippen LogP contribution < -0.4 is 10.6 Å². The van der Waals surface area contributed by atoms with Gasteiger partial charge in [0.25, 0.3) is 0 Å². The van der Waals surface area contributed by atoms with Crippen molar-refractivity contribution in [3.05, 3.63) is 59.9 Å². The molecule has 2 N–H and O–H groups in total. The first-order chi connectivity index (χ1) is 12.1. The Morgan fingerprint density at radius 2 is 1.80 bits per heavy atom. The fourth-order valence-electron chi connectivity index (χ4n) is 2.93. The largest absolute Gasteiger partial charge is 0.350 e. The number of rotatable bonds is 6. The molecule has 5 heteroatoms. The smallest absolute Gasteiger partial charge is 0.228 e. The predicted octanol–water partition coefficient (Wildman–Crippen LogP) is 3.10. The van der Waals surface area contributed by atoms with E-state index in [2.05, 4.69) is 29.5 Å². The Kier molecular flexibility index (Phi) is 5.12. The number of nitrogens with zero attached hydrogens (tertiary/aromatic N) is 1. The van der Waals surface area contributed by atoms with E-state index in [4.69, 9.17) is 0 Å². The van der Waals surface area contributed by atoms with E-state index >= 15 is 0 Å². The van der Waals surface area contributed by atoms with Crippen LogP contribution in [0.25, 0.3) is 0 Å². The maximum atomic E-state index is 12.4. The van der Waals surface area contributed by atoms with E-state index in [0.717, 1.165) is 16.9 Å². The zero-order chi connectivity index (χ0) is 17.8. The summed E-state index contributed by atoms with van der Waals surface area (Å²) in [5, 5.41) is 5.84. The molecule has 2 unspecified atom stereocenters. The molecule has 2 aromatic rings. The number of carbonyl (C=O) groups is 2. The zero-order valence-corrected chi connectivity index (χ0v) is 14.5. The van der Waals surface area contributed by atoms with Gasteiger partial charge in [0.2, 0.25) is 11.8 Å². The topological polar surface area (TPSA) is 71.1 Å². The number of aromatic nitrogens is 1. The number of amides is 2. The normalized spacial score (nSPS) is 18.7. The molecular formula is C20H23N3O2. The molecule has 1 aliphatic rings. The van der Waals surface area contributed by atoms with Gasteiger partial charge in [0.15, 0.2) is 0 Å². The minimum absolute atomic E-state index is 0.0777. The van der Waals surface area contributed by atoms with Crippen LogP contribution >= 0.6 is 0 Å². The van der Waals surface area contributed by atoms with Crippen molar-refractivity contribution >= 4 is 17.5 Å². The summed E-state index contributed by atoms with van der Waals surface area (Å²) in [6.45, 7) is 4.58. The summed E-state index contributed by atoms with van der Waals surface area (Å²) in [5.41, 5.74) is 2.75. The van der Waals surface area contributed by atoms with Crippen LogP contribution in [0.5, 0.6) is 0 Å². The van der Waals surface area contributed by atoms with Crippen molar-refractivity contribution in [2.45, 2.75) is 32.7 Å². The van der Waals surface area contributed by atoms with Crippen molar-refractivity contribution in [1.82, 2.24) is 10.3 Å². The molecule has 1 aromatic carbocycles. The van der Waals surface area contributed by atoms with Gasteiger partial charge in [-0.05, 0) is 36.1 Å². The molecule has 0 bridgehead atoms. The molecule has 5 nitrogen and oxygen atoms in total. The Morgan fingerprint density at radius 1 is 1.08 bits per heavy atom. The van der Waals surface area contributed by atoms with Gasteiger partial charge in [0.05, 0.1) is 24.1 Å². The van der Waals surface area contributed by atoms with Crippen molar-refractivity contribution in [2.75, 3.05) is 5.32 Å². The van der Waals surface area contributed by atoms with E-state index in [1.54, 1.807) is 6.20 Å². The molecule has 1 saturated carbocycles. The van der Waals surface area contributed by atoms with E-state index < -0.39 is 0 Å². The second-order valence-electron chi connectivity index (χ2n) is 6.72. The van der Waals surface area contributed by atoms with Crippen LogP contribution in [-0.4, -0.2) is 16.8 Å². The Labute approximate surface area is 147 Å². The molecule has 0 radical (unpaired) electrons. The standard InChI is InChI=1S/C20H23N3O2/c1-13(2)15-8-3-4-9-18(15)23-20(25)17-11-16(17)19(24)22-12-14-7-5-6-10-21-14/h3-10,13,16-17H,11-12H2,1-2H3,(H,22,24)(H,23,25). The molecule has 1 aromatic heterocycles. The number of hydrogen-bond donors (Lipinski definition) is 2. The van der Waals surface area contributed by atoms with E-state index in [1.165, 1.54) is 0 Å². The van der Waals surface area contributed by atoms with Gasteiger partial charge in [-0.3, -0.25) is 14.6 Å². The maximum absolute atomic E-state index is 12.4. The van der Waals surface area contributed by atoms with Crippen LogP contribution in [0, 0.1) is 11.8 Å². The van der Waals surface area contributed by atoms with Crippen molar-refractivity contribution in [3.63, 3.8) is 0 Å². The van der Waals surface area contributed by atoms with Crippen LogP contribution in [0.2, 0.25) is 0 Å². The van der Waals surface area contributed by atoms with Gasteiger partial charge < -0.3 is 10.6 Å². The monoisotopic (exact) mass is 337 g/mol. The summed E-state index contributed by atoms with van der Waals surface area (Å²) in [6, 6.07) is 13.4. The van der Waals surface area contributed by atoms with Crippen LogP contribution in [0.4, 0.5) is 5.69 Å². The first-order valence-electron chi connectivity index (χ1n) is 8.63. The number of pyridine rings is 1. The first kappa shape index (κ1) is 17.1. The lowest BCUT2D eigenvalue weighted by Gasteiger charge is -2.13. The van der Waals surface area contributed by atoms with Crippen LogP contribution in [0.3, 0.4) is 0 Å². The molecule has 2 atom stereocenters. The van der Waals surface area contributed by atoms with E-state index in [1.807, 2.05) is 42.5 Å². The van der Waals surface area contributed by atoms with Crippen LogP contribution in [0.15, 0.2) is 48.7 Å². The van der Waals surface area contributed by atoms with Crippen molar-refractivity contribution in [2.24, 2.45) is 11.8 Å². The van der Waals surface area contributed by atoms with Gasteiger partial charge in [0, 0.05) is 11.9 Å². The Morgan fingerprint density at radius 3 is 2.52 bits per heavy atom. The highest BCUT2D eigenvalue weighted by molar-refractivity contribution is 5.99. The third kappa shape index (κ3) is 4.24. The Bertz CT molecular complexity index is 759. The van der Waals surface area contributed by atoms with Gasteiger partial charge >= 0.3 is 0 Å². The summed E-state index contributed by atoms with van der Waals surface area (Å²) in [5.74, 6) is -0.318. The van der Waals surface area contributed by atoms with E-state index in [0.29, 0.717) is 18.9 Å².